The van der Waals surface area contributed by atoms with Crippen LogP contribution in [0.25, 0.3) is 0 Å². The molecule has 0 amide bonds. The van der Waals surface area contributed by atoms with Crippen LogP contribution in [0.1, 0.15) is 91.9 Å². The van der Waals surface area contributed by atoms with Crippen LogP contribution >= 0.6 is 0 Å². The first kappa shape index (κ1) is 22.2. The van der Waals surface area contributed by atoms with E-state index in [1.165, 1.54) is 94.9 Å². The van der Waals surface area contributed by atoms with Crippen LogP contribution in [0.3, 0.4) is 0 Å². The smallest absolute Gasteiger partial charge is 0.0786 e. The van der Waals surface area contributed by atoms with E-state index in [0.29, 0.717) is 0 Å². The minimum atomic E-state index is 0. The van der Waals surface area contributed by atoms with Gasteiger partial charge in [-0.05, 0) is 38.5 Å². The number of rotatable bonds is 14. The van der Waals surface area contributed by atoms with Gasteiger partial charge in [0.15, 0.2) is 0 Å². The second-order valence-electron chi connectivity index (χ2n) is 6.36. The standard InChI is InChI=1S/C18H40N.H2O/c1-5-9-13-17-19(15-11-7-3,16-12-8-4)18-14-10-6-2;/h5-18H2,1-4H3;1H2/q+1;/p-1. The summed E-state index contributed by atoms with van der Waals surface area (Å²) in [7, 11) is 0. The van der Waals surface area contributed by atoms with Crippen molar-refractivity contribution in [1.82, 2.24) is 0 Å². The lowest BCUT2D eigenvalue weighted by atomic mass is 10.1. The molecule has 0 radical (unpaired) electrons. The van der Waals surface area contributed by atoms with Gasteiger partial charge < -0.3 is 9.96 Å². The van der Waals surface area contributed by atoms with Gasteiger partial charge in [-0.1, -0.05) is 53.4 Å². The van der Waals surface area contributed by atoms with Crippen molar-refractivity contribution in [3.05, 3.63) is 0 Å². The predicted octanol–water partition coefficient (Wildman–Crippen LogP) is 5.61. The van der Waals surface area contributed by atoms with Crippen LogP contribution in [0.2, 0.25) is 0 Å². The zero-order valence-electron chi connectivity index (χ0n) is 14.8. The van der Waals surface area contributed by atoms with Gasteiger partial charge in [0.25, 0.3) is 0 Å². The molecule has 0 aliphatic heterocycles. The third-order valence-electron chi connectivity index (χ3n) is 4.44. The van der Waals surface area contributed by atoms with E-state index in [9.17, 15) is 0 Å². The Kier molecular flexibility index (Phi) is 17.0. The van der Waals surface area contributed by atoms with Crippen molar-refractivity contribution in [2.24, 2.45) is 0 Å². The minimum Gasteiger partial charge on any atom is -0.870 e. The molecule has 0 spiro atoms. The van der Waals surface area contributed by atoms with Gasteiger partial charge in [0, 0.05) is 0 Å². The number of nitrogens with zero attached hydrogens (tertiary/aromatic N) is 1. The normalized spacial score (nSPS) is 11.4. The molecule has 0 unspecified atom stereocenters. The first-order valence-electron chi connectivity index (χ1n) is 9.09. The zero-order chi connectivity index (χ0) is 14.4. The molecule has 0 rings (SSSR count). The van der Waals surface area contributed by atoms with E-state index in [-0.39, 0.29) is 5.48 Å². The second-order valence-corrected chi connectivity index (χ2v) is 6.36. The molecule has 0 aliphatic carbocycles. The number of unbranched alkanes of at least 4 members (excludes halogenated alkanes) is 6. The molecule has 0 bridgehead atoms. The first-order chi connectivity index (χ1) is 9.24. The summed E-state index contributed by atoms with van der Waals surface area (Å²) in [5, 5.41) is 0. The molecule has 124 valence electrons. The van der Waals surface area contributed by atoms with Gasteiger partial charge in [0.05, 0.1) is 26.2 Å². The Morgan fingerprint density at radius 2 is 0.750 bits per heavy atom. The summed E-state index contributed by atoms with van der Waals surface area (Å²) in [5.41, 5.74) is 0. The lowest BCUT2D eigenvalue weighted by Crippen LogP contribution is -2.50. The fraction of sp³-hybridized carbons (Fsp3) is 1.00. The molecule has 2 nitrogen and oxygen atoms in total. The Hall–Kier alpha value is -0.0800. The van der Waals surface area contributed by atoms with Crippen LogP contribution in [0.15, 0.2) is 0 Å². The van der Waals surface area contributed by atoms with Crippen molar-refractivity contribution < 1.29 is 9.96 Å². The van der Waals surface area contributed by atoms with E-state index in [1.807, 2.05) is 0 Å². The van der Waals surface area contributed by atoms with Gasteiger partial charge in [-0.25, -0.2) is 0 Å². The van der Waals surface area contributed by atoms with Crippen molar-refractivity contribution in [2.45, 2.75) is 91.9 Å². The average Bonchev–Trinajstić information content (AvgIpc) is 2.43. The molecule has 0 saturated heterocycles. The summed E-state index contributed by atoms with van der Waals surface area (Å²) in [6.45, 7) is 15.1. The second kappa shape index (κ2) is 15.3. The van der Waals surface area contributed by atoms with Crippen molar-refractivity contribution in [1.29, 1.82) is 0 Å². The van der Waals surface area contributed by atoms with Crippen LogP contribution in [0.5, 0.6) is 0 Å². The minimum absolute atomic E-state index is 0. The Morgan fingerprint density at radius 3 is 1.05 bits per heavy atom. The Morgan fingerprint density at radius 1 is 0.450 bits per heavy atom. The third-order valence-corrected chi connectivity index (χ3v) is 4.44. The number of hydrogen-bond donors (Lipinski definition) is 0. The molecule has 0 aromatic carbocycles. The van der Waals surface area contributed by atoms with Crippen molar-refractivity contribution in [3.8, 4) is 0 Å². The van der Waals surface area contributed by atoms with Gasteiger partial charge in [-0.2, -0.15) is 0 Å². The highest BCUT2D eigenvalue weighted by molar-refractivity contribution is 4.50. The van der Waals surface area contributed by atoms with Crippen LogP contribution < -0.4 is 0 Å². The highest BCUT2D eigenvalue weighted by Crippen LogP contribution is 2.17. The first-order valence-corrected chi connectivity index (χ1v) is 9.09. The van der Waals surface area contributed by atoms with Gasteiger partial charge in [-0.3, -0.25) is 0 Å². The Bertz CT molecular complexity index is 162. The van der Waals surface area contributed by atoms with E-state index < -0.39 is 0 Å². The number of hydrogen-bond acceptors (Lipinski definition) is 1. The topological polar surface area (TPSA) is 30.0 Å². The maximum absolute atomic E-state index is 2.34. The highest BCUT2D eigenvalue weighted by Gasteiger charge is 2.24. The van der Waals surface area contributed by atoms with Gasteiger partial charge in [0.2, 0.25) is 0 Å². The molecular formula is C18H41NO. The van der Waals surface area contributed by atoms with Gasteiger partial charge >= 0.3 is 0 Å². The number of quaternary nitrogens is 1. The molecule has 0 aliphatic rings. The van der Waals surface area contributed by atoms with Crippen LogP contribution in [-0.2, 0) is 0 Å². The summed E-state index contributed by atoms with van der Waals surface area (Å²) in [5.74, 6) is 0. The van der Waals surface area contributed by atoms with Crippen molar-refractivity contribution in [2.75, 3.05) is 26.2 Å². The van der Waals surface area contributed by atoms with E-state index in [1.54, 1.807) is 0 Å². The SMILES string of the molecule is CCCCC[N+](CCCC)(CCCC)CCCCC.[OH-]. The molecular weight excluding hydrogens is 246 g/mol. The van der Waals surface area contributed by atoms with E-state index >= 15 is 0 Å². The summed E-state index contributed by atoms with van der Waals surface area (Å²) < 4.78 is 1.43. The van der Waals surface area contributed by atoms with Crippen LogP contribution in [-0.4, -0.2) is 36.1 Å². The van der Waals surface area contributed by atoms with Gasteiger partial charge in [-0.15, -0.1) is 0 Å². The molecule has 20 heavy (non-hydrogen) atoms. The molecule has 2 heteroatoms. The molecule has 0 heterocycles. The average molecular weight is 288 g/mol. The summed E-state index contributed by atoms with van der Waals surface area (Å²) in [6.07, 6.45) is 14.0. The third kappa shape index (κ3) is 10.7. The fourth-order valence-corrected chi connectivity index (χ4v) is 3.05. The van der Waals surface area contributed by atoms with Crippen molar-refractivity contribution in [3.63, 3.8) is 0 Å². The summed E-state index contributed by atoms with van der Waals surface area (Å²) in [4.78, 5) is 0. The molecule has 0 saturated carbocycles. The Balaban J connectivity index is 0. The zero-order valence-corrected chi connectivity index (χ0v) is 14.8. The van der Waals surface area contributed by atoms with Crippen LogP contribution in [0, 0.1) is 0 Å². The monoisotopic (exact) mass is 287 g/mol. The van der Waals surface area contributed by atoms with E-state index in [4.69, 9.17) is 0 Å². The highest BCUT2D eigenvalue weighted by atomic mass is 16.0. The predicted molar refractivity (Wildman–Crippen MR) is 90.5 cm³/mol. The molecule has 0 atom stereocenters. The van der Waals surface area contributed by atoms with Crippen molar-refractivity contribution >= 4 is 0 Å². The quantitative estimate of drug-likeness (QED) is 0.302. The van der Waals surface area contributed by atoms with Crippen LogP contribution in [0.4, 0.5) is 0 Å². The summed E-state index contributed by atoms with van der Waals surface area (Å²) >= 11 is 0. The summed E-state index contributed by atoms with van der Waals surface area (Å²) in [6, 6.07) is 0. The van der Waals surface area contributed by atoms with E-state index in [2.05, 4.69) is 27.7 Å². The molecule has 1 N–H and O–H groups in total. The molecule has 0 fully saturated rings. The Labute approximate surface area is 128 Å². The maximum atomic E-state index is 2.34. The molecule has 0 aromatic rings. The van der Waals surface area contributed by atoms with Gasteiger partial charge in [0.1, 0.15) is 0 Å². The lowest BCUT2D eigenvalue weighted by Gasteiger charge is -2.39. The largest absolute Gasteiger partial charge is 0.870 e. The lowest BCUT2D eigenvalue weighted by molar-refractivity contribution is -0.929. The van der Waals surface area contributed by atoms with E-state index in [0.717, 1.165) is 0 Å². The molecule has 0 aromatic heterocycles. The maximum Gasteiger partial charge on any atom is 0.0786 e. The fourth-order valence-electron chi connectivity index (χ4n) is 3.05.